The fourth-order valence-corrected chi connectivity index (χ4v) is 2.97. The van der Waals surface area contributed by atoms with Gasteiger partial charge in [-0.3, -0.25) is 0 Å². The van der Waals surface area contributed by atoms with Crippen molar-refractivity contribution < 1.29 is 0 Å². The second-order valence-corrected chi connectivity index (χ2v) is 5.69. The molecule has 2 heteroatoms. The third-order valence-electron chi connectivity index (χ3n) is 4.37. The largest absolute Gasteiger partial charge is 0.346 e. The van der Waals surface area contributed by atoms with Gasteiger partial charge < -0.3 is 5.32 Å². The van der Waals surface area contributed by atoms with Crippen molar-refractivity contribution in [2.75, 3.05) is 5.32 Å². The van der Waals surface area contributed by atoms with Gasteiger partial charge in [-0.1, -0.05) is 64.1 Å². The standard InChI is InChI=1S/C21H28N2/c1-5-16-11-9-12-17(6-2)20(16)22-15-23-21-18(7-3)13-10-14-19(21)8-4/h9-15H,5-8H2,1-4H3,(H,22,23). The third-order valence-corrected chi connectivity index (χ3v) is 4.37. The second kappa shape index (κ2) is 8.52. The molecule has 0 unspecified atom stereocenters. The Morgan fingerprint density at radius 1 is 0.739 bits per heavy atom. The average Bonchev–Trinajstić information content (AvgIpc) is 2.61. The zero-order valence-corrected chi connectivity index (χ0v) is 14.8. The van der Waals surface area contributed by atoms with Crippen molar-refractivity contribution in [1.29, 1.82) is 0 Å². The minimum atomic E-state index is 1.01. The first kappa shape index (κ1) is 17.3. The number of aryl methyl sites for hydroxylation is 4. The first-order valence-electron chi connectivity index (χ1n) is 8.75. The SMILES string of the molecule is CCc1cccc(CC)c1N=CNc1c(CC)cccc1CC. The van der Waals surface area contributed by atoms with Crippen molar-refractivity contribution >= 4 is 17.7 Å². The second-order valence-electron chi connectivity index (χ2n) is 5.69. The topological polar surface area (TPSA) is 24.4 Å². The summed E-state index contributed by atoms with van der Waals surface area (Å²) < 4.78 is 0. The molecule has 122 valence electrons. The normalized spacial score (nSPS) is 11.1. The van der Waals surface area contributed by atoms with Crippen LogP contribution in [0, 0.1) is 0 Å². The first-order valence-corrected chi connectivity index (χ1v) is 8.75. The molecular weight excluding hydrogens is 280 g/mol. The summed E-state index contributed by atoms with van der Waals surface area (Å²) in [6.45, 7) is 8.75. The maximum absolute atomic E-state index is 4.76. The van der Waals surface area contributed by atoms with Gasteiger partial charge in [0.2, 0.25) is 0 Å². The maximum Gasteiger partial charge on any atom is 0.0930 e. The molecule has 0 saturated carbocycles. The maximum atomic E-state index is 4.76. The molecule has 0 atom stereocenters. The molecule has 23 heavy (non-hydrogen) atoms. The molecular formula is C21H28N2. The van der Waals surface area contributed by atoms with Crippen molar-refractivity contribution in [1.82, 2.24) is 0 Å². The monoisotopic (exact) mass is 308 g/mol. The highest BCUT2D eigenvalue weighted by Gasteiger charge is 2.06. The van der Waals surface area contributed by atoms with E-state index in [1.54, 1.807) is 0 Å². The predicted octanol–water partition coefficient (Wildman–Crippen LogP) is 5.71. The molecule has 2 aromatic carbocycles. The lowest BCUT2D eigenvalue weighted by atomic mass is 10.0. The highest BCUT2D eigenvalue weighted by Crippen LogP contribution is 2.26. The third kappa shape index (κ3) is 4.01. The number of benzene rings is 2. The number of anilines is 1. The summed E-state index contributed by atoms with van der Waals surface area (Å²) in [5.41, 5.74) is 7.64. The van der Waals surface area contributed by atoms with Crippen molar-refractivity contribution in [3.05, 3.63) is 58.7 Å². The lowest BCUT2D eigenvalue weighted by molar-refractivity contribution is 1.08. The number of nitrogens with zero attached hydrogens (tertiary/aromatic N) is 1. The van der Waals surface area contributed by atoms with Crippen molar-refractivity contribution in [3.8, 4) is 0 Å². The van der Waals surface area contributed by atoms with Crippen molar-refractivity contribution in [3.63, 3.8) is 0 Å². The quantitative estimate of drug-likeness (QED) is 0.514. The van der Waals surface area contributed by atoms with Crippen molar-refractivity contribution in [2.45, 2.75) is 53.4 Å². The van der Waals surface area contributed by atoms with Crippen LogP contribution in [0.1, 0.15) is 49.9 Å². The van der Waals surface area contributed by atoms with E-state index in [1.165, 1.54) is 27.9 Å². The van der Waals surface area contributed by atoms with Crippen LogP contribution in [-0.2, 0) is 25.7 Å². The summed E-state index contributed by atoms with van der Waals surface area (Å²) in [5.74, 6) is 0. The Hall–Kier alpha value is -2.09. The number of hydrogen-bond donors (Lipinski definition) is 1. The van der Waals surface area contributed by atoms with Crippen LogP contribution >= 0.6 is 0 Å². The highest BCUT2D eigenvalue weighted by atomic mass is 14.9. The summed E-state index contributed by atoms with van der Waals surface area (Å²) in [6.07, 6.45) is 5.92. The van der Waals surface area contributed by atoms with Crippen molar-refractivity contribution in [2.24, 2.45) is 4.99 Å². The zero-order chi connectivity index (χ0) is 16.7. The van der Waals surface area contributed by atoms with Crippen LogP contribution in [0.15, 0.2) is 41.4 Å². The van der Waals surface area contributed by atoms with Crippen LogP contribution in [0.4, 0.5) is 11.4 Å². The molecule has 0 heterocycles. The molecule has 2 aromatic rings. The van der Waals surface area contributed by atoms with E-state index >= 15 is 0 Å². The molecule has 0 aliphatic heterocycles. The molecule has 0 aliphatic rings. The lowest BCUT2D eigenvalue weighted by Gasteiger charge is -2.13. The average molecular weight is 308 g/mol. The van der Waals surface area contributed by atoms with Crippen LogP contribution < -0.4 is 5.32 Å². The van der Waals surface area contributed by atoms with Crippen LogP contribution in [-0.4, -0.2) is 6.34 Å². The molecule has 0 aliphatic carbocycles. The summed E-state index contributed by atoms with van der Waals surface area (Å²) in [7, 11) is 0. The van der Waals surface area contributed by atoms with Crippen LogP contribution in [0.5, 0.6) is 0 Å². The van der Waals surface area contributed by atoms with Gasteiger partial charge in [-0.05, 0) is 47.9 Å². The Balaban J connectivity index is 2.30. The highest BCUT2D eigenvalue weighted by molar-refractivity contribution is 5.82. The smallest absolute Gasteiger partial charge is 0.0930 e. The Labute approximate surface area is 140 Å². The van der Waals surface area contributed by atoms with Gasteiger partial charge in [0, 0.05) is 5.69 Å². The number of hydrogen-bond acceptors (Lipinski definition) is 1. The Morgan fingerprint density at radius 2 is 1.17 bits per heavy atom. The van der Waals surface area contributed by atoms with E-state index in [-0.39, 0.29) is 0 Å². The Bertz CT molecular complexity index is 627. The number of nitrogens with one attached hydrogen (secondary N) is 1. The van der Waals surface area contributed by atoms with Crippen LogP contribution in [0.25, 0.3) is 0 Å². The fraction of sp³-hybridized carbons (Fsp3) is 0.381. The van der Waals surface area contributed by atoms with Gasteiger partial charge in [-0.25, -0.2) is 4.99 Å². The van der Waals surface area contributed by atoms with Crippen LogP contribution in [0.2, 0.25) is 0 Å². The molecule has 0 amide bonds. The Kier molecular flexibility index (Phi) is 6.40. The Morgan fingerprint density at radius 3 is 1.61 bits per heavy atom. The van der Waals surface area contributed by atoms with Gasteiger partial charge in [-0.2, -0.15) is 0 Å². The fourth-order valence-electron chi connectivity index (χ4n) is 2.97. The molecule has 0 saturated heterocycles. The summed E-state index contributed by atoms with van der Waals surface area (Å²) in [4.78, 5) is 4.76. The summed E-state index contributed by atoms with van der Waals surface area (Å²) in [5, 5.41) is 3.44. The molecule has 1 N–H and O–H groups in total. The van der Waals surface area contributed by atoms with E-state index in [1.807, 2.05) is 6.34 Å². The molecule has 2 rings (SSSR count). The zero-order valence-electron chi connectivity index (χ0n) is 14.8. The van der Waals surface area contributed by atoms with E-state index in [2.05, 4.69) is 69.4 Å². The van der Waals surface area contributed by atoms with Gasteiger partial charge >= 0.3 is 0 Å². The molecule has 0 fully saturated rings. The van der Waals surface area contributed by atoms with E-state index in [0.717, 1.165) is 31.4 Å². The van der Waals surface area contributed by atoms with Gasteiger partial charge in [0.25, 0.3) is 0 Å². The molecule has 2 nitrogen and oxygen atoms in total. The number of para-hydroxylation sites is 2. The minimum Gasteiger partial charge on any atom is -0.346 e. The van der Waals surface area contributed by atoms with E-state index in [0.29, 0.717) is 0 Å². The molecule has 0 bridgehead atoms. The number of aliphatic imine (C=N–C) groups is 1. The van der Waals surface area contributed by atoms with E-state index in [9.17, 15) is 0 Å². The lowest BCUT2D eigenvalue weighted by Crippen LogP contribution is -2.03. The van der Waals surface area contributed by atoms with E-state index in [4.69, 9.17) is 4.99 Å². The summed E-state index contributed by atoms with van der Waals surface area (Å²) >= 11 is 0. The van der Waals surface area contributed by atoms with E-state index < -0.39 is 0 Å². The first-order chi connectivity index (χ1) is 11.2. The number of rotatable bonds is 7. The van der Waals surface area contributed by atoms with Gasteiger partial charge in [0.05, 0.1) is 12.0 Å². The molecule has 0 aromatic heterocycles. The molecule has 0 radical (unpaired) electrons. The van der Waals surface area contributed by atoms with Gasteiger partial charge in [0.1, 0.15) is 0 Å². The van der Waals surface area contributed by atoms with Gasteiger partial charge in [-0.15, -0.1) is 0 Å². The predicted molar refractivity (Wildman–Crippen MR) is 102 cm³/mol. The van der Waals surface area contributed by atoms with Gasteiger partial charge in [0.15, 0.2) is 0 Å². The summed E-state index contributed by atoms with van der Waals surface area (Å²) in [6, 6.07) is 13.0. The minimum absolute atomic E-state index is 1.01. The van der Waals surface area contributed by atoms with Crippen LogP contribution in [0.3, 0.4) is 0 Å². The molecule has 0 spiro atoms.